The van der Waals surface area contributed by atoms with E-state index in [9.17, 15) is 4.79 Å². The zero-order chi connectivity index (χ0) is 12.5. The van der Waals surface area contributed by atoms with E-state index >= 15 is 0 Å². The molecule has 0 atom stereocenters. The van der Waals surface area contributed by atoms with E-state index in [2.05, 4.69) is 15.9 Å². The number of thiophene rings is 1. The van der Waals surface area contributed by atoms with Gasteiger partial charge in [-0.2, -0.15) is 0 Å². The van der Waals surface area contributed by atoms with Crippen LogP contribution in [0.1, 0.15) is 4.88 Å². The molecule has 0 bridgehead atoms. The lowest BCUT2D eigenvalue weighted by Crippen LogP contribution is -2.19. The summed E-state index contributed by atoms with van der Waals surface area (Å²) in [7, 11) is 0. The second kappa shape index (κ2) is 4.71. The van der Waals surface area contributed by atoms with Crippen LogP contribution in [0, 0.1) is 0 Å². The SMILES string of the molecule is O=c1c2ccccc2ccn1Cc1ccc(Br)s1. The van der Waals surface area contributed by atoms with Crippen molar-refractivity contribution in [1.29, 1.82) is 0 Å². The third-order valence-corrected chi connectivity index (χ3v) is 4.45. The molecule has 1 aromatic carbocycles. The molecule has 0 saturated heterocycles. The Bertz CT molecular complexity index is 760. The fourth-order valence-corrected chi connectivity index (χ4v) is 3.44. The summed E-state index contributed by atoms with van der Waals surface area (Å²) in [5.74, 6) is 0. The molecule has 0 radical (unpaired) electrons. The van der Waals surface area contributed by atoms with E-state index in [1.54, 1.807) is 15.9 Å². The molecule has 0 aliphatic heterocycles. The summed E-state index contributed by atoms with van der Waals surface area (Å²) in [4.78, 5) is 13.5. The van der Waals surface area contributed by atoms with Crippen LogP contribution in [0.3, 0.4) is 0 Å². The standard InChI is InChI=1S/C14H10BrNOS/c15-13-6-5-11(18-13)9-16-8-7-10-3-1-2-4-12(10)14(16)17/h1-8H,9H2. The monoisotopic (exact) mass is 319 g/mol. The fraction of sp³-hybridized carbons (Fsp3) is 0.0714. The lowest BCUT2D eigenvalue weighted by molar-refractivity contribution is 0.779. The highest BCUT2D eigenvalue weighted by Crippen LogP contribution is 2.22. The van der Waals surface area contributed by atoms with Gasteiger partial charge in [-0.15, -0.1) is 11.3 Å². The smallest absolute Gasteiger partial charge is 0.258 e. The van der Waals surface area contributed by atoms with Crippen molar-refractivity contribution in [3.63, 3.8) is 0 Å². The first-order chi connectivity index (χ1) is 8.74. The molecular weight excluding hydrogens is 310 g/mol. The Hall–Kier alpha value is -1.39. The largest absolute Gasteiger partial charge is 0.310 e. The zero-order valence-corrected chi connectivity index (χ0v) is 11.9. The molecule has 90 valence electrons. The van der Waals surface area contributed by atoms with Crippen LogP contribution in [0.5, 0.6) is 0 Å². The summed E-state index contributed by atoms with van der Waals surface area (Å²) in [6.45, 7) is 0.625. The summed E-state index contributed by atoms with van der Waals surface area (Å²) < 4.78 is 2.84. The predicted octanol–water partition coefficient (Wildman–Crippen LogP) is 3.87. The van der Waals surface area contributed by atoms with Crippen LogP contribution in [0.15, 0.2) is 57.2 Å². The van der Waals surface area contributed by atoms with Gasteiger partial charge in [0.15, 0.2) is 0 Å². The number of halogens is 1. The van der Waals surface area contributed by atoms with Gasteiger partial charge in [0, 0.05) is 16.5 Å². The minimum absolute atomic E-state index is 0.0672. The number of hydrogen-bond donors (Lipinski definition) is 0. The molecule has 0 amide bonds. The van der Waals surface area contributed by atoms with Crippen molar-refractivity contribution in [1.82, 2.24) is 4.57 Å². The number of pyridine rings is 1. The Kier molecular flexibility index (Phi) is 3.06. The quantitative estimate of drug-likeness (QED) is 0.702. The summed E-state index contributed by atoms with van der Waals surface area (Å²) in [5, 5.41) is 1.77. The Morgan fingerprint density at radius 2 is 1.94 bits per heavy atom. The third kappa shape index (κ3) is 2.13. The topological polar surface area (TPSA) is 22.0 Å². The van der Waals surface area contributed by atoms with E-state index in [0.29, 0.717) is 6.54 Å². The minimum Gasteiger partial charge on any atom is -0.310 e. The molecule has 0 aliphatic carbocycles. The highest BCUT2D eigenvalue weighted by molar-refractivity contribution is 9.11. The summed E-state index contributed by atoms with van der Waals surface area (Å²) in [5.41, 5.74) is 0.0672. The van der Waals surface area contributed by atoms with E-state index in [1.165, 1.54) is 4.88 Å². The van der Waals surface area contributed by atoms with Gasteiger partial charge in [0.25, 0.3) is 5.56 Å². The van der Waals surface area contributed by atoms with E-state index in [0.717, 1.165) is 14.6 Å². The molecule has 0 aliphatic rings. The molecule has 0 N–H and O–H groups in total. The number of aromatic nitrogens is 1. The van der Waals surface area contributed by atoms with Gasteiger partial charge in [0.1, 0.15) is 0 Å². The first-order valence-corrected chi connectivity index (χ1v) is 7.17. The molecule has 2 aromatic heterocycles. The van der Waals surface area contributed by atoms with Crippen molar-refractivity contribution in [2.75, 3.05) is 0 Å². The van der Waals surface area contributed by atoms with E-state index in [-0.39, 0.29) is 5.56 Å². The van der Waals surface area contributed by atoms with Gasteiger partial charge in [-0.05, 0) is 45.6 Å². The summed E-state index contributed by atoms with van der Waals surface area (Å²) >= 11 is 5.09. The minimum atomic E-state index is 0.0672. The molecule has 0 saturated carbocycles. The predicted molar refractivity (Wildman–Crippen MR) is 79.3 cm³/mol. The van der Waals surface area contributed by atoms with Crippen LogP contribution in [-0.4, -0.2) is 4.57 Å². The maximum atomic E-state index is 12.3. The van der Waals surface area contributed by atoms with Gasteiger partial charge >= 0.3 is 0 Å². The van der Waals surface area contributed by atoms with Gasteiger partial charge in [0.05, 0.1) is 10.3 Å². The maximum absolute atomic E-state index is 12.3. The molecule has 18 heavy (non-hydrogen) atoms. The average molecular weight is 320 g/mol. The lowest BCUT2D eigenvalue weighted by atomic mass is 10.2. The van der Waals surface area contributed by atoms with Gasteiger partial charge in [-0.1, -0.05) is 18.2 Å². The molecule has 2 nitrogen and oxygen atoms in total. The van der Waals surface area contributed by atoms with Crippen molar-refractivity contribution in [2.24, 2.45) is 0 Å². The normalized spacial score (nSPS) is 10.9. The second-order valence-electron chi connectivity index (χ2n) is 4.04. The van der Waals surface area contributed by atoms with Crippen molar-refractivity contribution >= 4 is 38.0 Å². The fourth-order valence-electron chi connectivity index (χ4n) is 1.96. The lowest BCUT2D eigenvalue weighted by Gasteiger charge is -2.05. The van der Waals surface area contributed by atoms with Crippen LogP contribution in [0.25, 0.3) is 10.8 Å². The Morgan fingerprint density at radius 1 is 1.11 bits per heavy atom. The van der Waals surface area contributed by atoms with Gasteiger partial charge < -0.3 is 4.57 Å². The van der Waals surface area contributed by atoms with E-state index in [1.807, 2.05) is 48.7 Å². The second-order valence-corrected chi connectivity index (χ2v) is 6.59. The molecule has 0 fully saturated rings. The number of rotatable bonds is 2. The molecule has 0 spiro atoms. The highest BCUT2D eigenvalue weighted by Gasteiger charge is 2.04. The van der Waals surface area contributed by atoms with Gasteiger partial charge in [-0.3, -0.25) is 4.79 Å². The summed E-state index contributed by atoms with van der Waals surface area (Å²) in [6.07, 6.45) is 1.86. The summed E-state index contributed by atoms with van der Waals surface area (Å²) in [6, 6.07) is 13.7. The van der Waals surface area contributed by atoms with E-state index < -0.39 is 0 Å². The first-order valence-electron chi connectivity index (χ1n) is 5.56. The van der Waals surface area contributed by atoms with E-state index in [4.69, 9.17) is 0 Å². The Morgan fingerprint density at radius 3 is 2.72 bits per heavy atom. The number of benzene rings is 1. The molecule has 4 heteroatoms. The van der Waals surface area contributed by atoms with Crippen LogP contribution in [0.4, 0.5) is 0 Å². The van der Waals surface area contributed by atoms with Crippen molar-refractivity contribution in [2.45, 2.75) is 6.54 Å². The maximum Gasteiger partial charge on any atom is 0.258 e. The average Bonchev–Trinajstić information content (AvgIpc) is 2.79. The van der Waals surface area contributed by atoms with Crippen LogP contribution < -0.4 is 5.56 Å². The van der Waals surface area contributed by atoms with Crippen molar-refractivity contribution in [3.8, 4) is 0 Å². The van der Waals surface area contributed by atoms with Crippen LogP contribution in [0.2, 0.25) is 0 Å². The number of hydrogen-bond acceptors (Lipinski definition) is 2. The van der Waals surface area contributed by atoms with Crippen LogP contribution in [-0.2, 0) is 6.54 Å². The Labute approximate surface area is 117 Å². The third-order valence-electron chi connectivity index (χ3n) is 2.84. The zero-order valence-electron chi connectivity index (χ0n) is 9.47. The van der Waals surface area contributed by atoms with Crippen molar-refractivity contribution < 1.29 is 0 Å². The molecular formula is C14H10BrNOS. The Balaban J connectivity index is 2.08. The van der Waals surface area contributed by atoms with Gasteiger partial charge in [-0.25, -0.2) is 0 Å². The first kappa shape index (κ1) is 11.7. The molecule has 3 rings (SSSR count). The highest BCUT2D eigenvalue weighted by atomic mass is 79.9. The molecule has 3 aromatic rings. The van der Waals surface area contributed by atoms with Crippen molar-refractivity contribution in [3.05, 3.63) is 67.7 Å². The number of fused-ring (bicyclic) bond motifs is 1. The molecule has 2 heterocycles. The van der Waals surface area contributed by atoms with Crippen LogP contribution >= 0.6 is 27.3 Å². The number of nitrogens with zero attached hydrogens (tertiary/aromatic N) is 1. The molecule has 0 unspecified atom stereocenters. The van der Waals surface area contributed by atoms with Gasteiger partial charge in [0.2, 0.25) is 0 Å².